The third kappa shape index (κ3) is 3.81. The van der Waals surface area contributed by atoms with Gasteiger partial charge in [-0.1, -0.05) is 0 Å². The van der Waals surface area contributed by atoms with Gasteiger partial charge in [-0.05, 0) is 44.9 Å². The van der Waals surface area contributed by atoms with Gasteiger partial charge in [0.1, 0.15) is 5.69 Å². The van der Waals surface area contributed by atoms with E-state index in [1.807, 2.05) is 13.8 Å². The first-order chi connectivity index (χ1) is 12.0. The van der Waals surface area contributed by atoms with Crippen molar-refractivity contribution in [2.75, 3.05) is 18.4 Å². The number of hydrogen-bond acceptors (Lipinski definition) is 3. The number of hydrogen-bond donors (Lipinski definition) is 1. The number of nitrogens with zero attached hydrogens (tertiary/aromatic N) is 3. The van der Waals surface area contributed by atoms with E-state index in [1.165, 1.54) is 6.07 Å². The minimum Gasteiger partial charge on any atom is -0.380 e. The summed E-state index contributed by atoms with van der Waals surface area (Å²) in [5.74, 6) is -1.79. The van der Waals surface area contributed by atoms with Gasteiger partial charge in [-0.25, -0.2) is 8.78 Å². The lowest BCUT2D eigenvalue weighted by Crippen LogP contribution is -2.45. The number of rotatable bonds is 4. The molecular formula is C18H22F2N4O. The Balaban J connectivity index is 1.70. The van der Waals surface area contributed by atoms with Crippen molar-refractivity contribution in [3.63, 3.8) is 0 Å². The molecule has 134 valence electrons. The first kappa shape index (κ1) is 17.4. The molecule has 1 atom stereocenters. The second-order valence-corrected chi connectivity index (χ2v) is 6.35. The number of piperidine rings is 1. The van der Waals surface area contributed by atoms with Crippen molar-refractivity contribution in [3.8, 4) is 0 Å². The Kier molecular flexibility index (Phi) is 5.01. The Hall–Kier alpha value is -2.44. The number of aromatic nitrogens is 2. The topological polar surface area (TPSA) is 50.2 Å². The molecular weight excluding hydrogens is 326 g/mol. The van der Waals surface area contributed by atoms with Crippen molar-refractivity contribution in [1.29, 1.82) is 0 Å². The zero-order chi connectivity index (χ0) is 18.0. The van der Waals surface area contributed by atoms with E-state index in [2.05, 4.69) is 10.4 Å². The van der Waals surface area contributed by atoms with E-state index in [-0.39, 0.29) is 11.9 Å². The Bertz CT molecular complexity index is 774. The van der Waals surface area contributed by atoms with E-state index >= 15 is 0 Å². The number of carbonyl (C=O) groups is 1. The van der Waals surface area contributed by atoms with Crippen LogP contribution in [0.2, 0.25) is 0 Å². The quantitative estimate of drug-likeness (QED) is 0.923. The Morgan fingerprint density at radius 1 is 1.32 bits per heavy atom. The van der Waals surface area contributed by atoms with Crippen LogP contribution in [0, 0.1) is 18.6 Å². The molecule has 0 aliphatic carbocycles. The zero-order valence-electron chi connectivity index (χ0n) is 14.4. The minimum absolute atomic E-state index is 0.00153. The number of carbonyl (C=O) groups excluding carboxylic acids is 1. The van der Waals surface area contributed by atoms with E-state index in [4.69, 9.17) is 0 Å². The van der Waals surface area contributed by atoms with Gasteiger partial charge in [0.15, 0.2) is 11.6 Å². The Morgan fingerprint density at radius 3 is 2.84 bits per heavy atom. The lowest BCUT2D eigenvalue weighted by Gasteiger charge is -2.33. The molecule has 5 nitrogen and oxygen atoms in total. The summed E-state index contributed by atoms with van der Waals surface area (Å²) < 4.78 is 28.1. The summed E-state index contributed by atoms with van der Waals surface area (Å²) in [6.07, 6.45) is 1.72. The first-order valence-electron chi connectivity index (χ1n) is 8.53. The normalized spacial score (nSPS) is 17.6. The fourth-order valence-electron chi connectivity index (χ4n) is 3.22. The van der Waals surface area contributed by atoms with Crippen LogP contribution >= 0.6 is 0 Å². The molecule has 1 aliphatic heterocycles. The van der Waals surface area contributed by atoms with Gasteiger partial charge in [0.25, 0.3) is 5.91 Å². The van der Waals surface area contributed by atoms with Gasteiger partial charge >= 0.3 is 0 Å². The summed E-state index contributed by atoms with van der Waals surface area (Å²) in [6.45, 7) is 5.66. The van der Waals surface area contributed by atoms with E-state index in [1.54, 1.807) is 15.6 Å². The monoisotopic (exact) mass is 348 g/mol. The van der Waals surface area contributed by atoms with Crippen LogP contribution in [0.15, 0.2) is 24.3 Å². The molecule has 1 aromatic carbocycles. The maximum absolute atomic E-state index is 13.4. The number of nitrogens with one attached hydrogen (secondary N) is 1. The van der Waals surface area contributed by atoms with Crippen molar-refractivity contribution in [2.24, 2.45) is 0 Å². The molecule has 7 heteroatoms. The van der Waals surface area contributed by atoms with Gasteiger partial charge in [0.05, 0.1) is 5.69 Å². The molecule has 25 heavy (non-hydrogen) atoms. The molecule has 0 unspecified atom stereocenters. The Labute approximate surface area is 145 Å². The molecule has 0 bridgehead atoms. The number of halogens is 2. The number of anilines is 1. The molecule has 0 saturated carbocycles. The molecule has 1 aromatic heterocycles. The molecule has 0 radical (unpaired) electrons. The van der Waals surface area contributed by atoms with Crippen LogP contribution in [0.3, 0.4) is 0 Å². The molecule has 1 N–H and O–H groups in total. The molecule has 2 heterocycles. The van der Waals surface area contributed by atoms with Gasteiger partial charge in [0, 0.05) is 37.4 Å². The smallest absolute Gasteiger partial charge is 0.272 e. The van der Waals surface area contributed by atoms with Crippen LogP contribution in [-0.2, 0) is 6.54 Å². The van der Waals surface area contributed by atoms with Crippen molar-refractivity contribution in [2.45, 2.75) is 39.3 Å². The molecule has 3 rings (SSSR count). The molecule has 0 spiro atoms. The lowest BCUT2D eigenvalue weighted by molar-refractivity contribution is 0.0702. The van der Waals surface area contributed by atoms with Crippen LogP contribution in [-0.4, -0.2) is 39.7 Å². The average molecular weight is 348 g/mol. The summed E-state index contributed by atoms with van der Waals surface area (Å²) in [5, 5.41) is 7.52. The molecule has 1 amide bonds. The minimum atomic E-state index is -0.879. The first-order valence-corrected chi connectivity index (χ1v) is 8.53. The van der Waals surface area contributed by atoms with Gasteiger partial charge < -0.3 is 10.2 Å². The predicted molar refractivity (Wildman–Crippen MR) is 91.5 cm³/mol. The van der Waals surface area contributed by atoms with Crippen LogP contribution in [0.5, 0.6) is 0 Å². The maximum atomic E-state index is 13.4. The lowest BCUT2D eigenvalue weighted by atomic mass is 10.0. The predicted octanol–water partition coefficient (Wildman–Crippen LogP) is 3.21. The molecule has 2 aromatic rings. The van der Waals surface area contributed by atoms with Crippen molar-refractivity contribution in [3.05, 3.63) is 47.3 Å². The maximum Gasteiger partial charge on any atom is 0.272 e. The third-order valence-electron chi connectivity index (χ3n) is 4.42. The Morgan fingerprint density at radius 2 is 2.12 bits per heavy atom. The fraction of sp³-hybridized carbons (Fsp3) is 0.444. The summed E-state index contributed by atoms with van der Waals surface area (Å²) in [5.41, 5.74) is 1.93. The average Bonchev–Trinajstić information content (AvgIpc) is 2.98. The second kappa shape index (κ2) is 7.21. The second-order valence-electron chi connectivity index (χ2n) is 6.35. The van der Waals surface area contributed by atoms with Crippen LogP contribution in [0.1, 0.15) is 35.9 Å². The zero-order valence-corrected chi connectivity index (χ0v) is 14.4. The van der Waals surface area contributed by atoms with Gasteiger partial charge in [-0.3, -0.25) is 9.48 Å². The highest BCUT2D eigenvalue weighted by Crippen LogP contribution is 2.20. The van der Waals surface area contributed by atoms with E-state index in [9.17, 15) is 13.6 Å². The van der Waals surface area contributed by atoms with Crippen molar-refractivity contribution in [1.82, 2.24) is 14.7 Å². The van der Waals surface area contributed by atoms with E-state index in [0.717, 1.165) is 30.7 Å². The van der Waals surface area contributed by atoms with E-state index < -0.39 is 11.6 Å². The van der Waals surface area contributed by atoms with Crippen molar-refractivity contribution < 1.29 is 13.6 Å². The van der Waals surface area contributed by atoms with Gasteiger partial charge in [0.2, 0.25) is 0 Å². The van der Waals surface area contributed by atoms with Crippen LogP contribution < -0.4 is 5.32 Å². The number of benzene rings is 1. The highest BCUT2D eigenvalue weighted by atomic mass is 19.2. The summed E-state index contributed by atoms with van der Waals surface area (Å²) in [4.78, 5) is 14.6. The van der Waals surface area contributed by atoms with Crippen molar-refractivity contribution >= 4 is 11.6 Å². The SMILES string of the molecule is CCn1nc(C)cc1C(=O)N1CCC[C@@H](Nc2ccc(F)c(F)c2)C1. The van der Waals surface area contributed by atoms with Crippen LogP contribution in [0.25, 0.3) is 0 Å². The highest BCUT2D eigenvalue weighted by Gasteiger charge is 2.26. The highest BCUT2D eigenvalue weighted by molar-refractivity contribution is 5.92. The summed E-state index contributed by atoms with van der Waals surface area (Å²) in [6, 6.07) is 5.56. The molecule has 1 aliphatic rings. The van der Waals surface area contributed by atoms with Crippen LogP contribution in [0.4, 0.5) is 14.5 Å². The largest absolute Gasteiger partial charge is 0.380 e. The van der Waals surface area contributed by atoms with E-state index in [0.29, 0.717) is 31.0 Å². The van der Waals surface area contributed by atoms with Gasteiger partial charge in [-0.2, -0.15) is 5.10 Å². The summed E-state index contributed by atoms with van der Waals surface area (Å²) in [7, 11) is 0. The molecule has 1 fully saturated rings. The number of likely N-dealkylation sites (tertiary alicyclic amines) is 1. The fourth-order valence-corrected chi connectivity index (χ4v) is 3.22. The summed E-state index contributed by atoms with van der Waals surface area (Å²) >= 11 is 0. The third-order valence-corrected chi connectivity index (χ3v) is 4.42. The number of aryl methyl sites for hydroxylation is 2. The van der Waals surface area contributed by atoms with Gasteiger partial charge in [-0.15, -0.1) is 0 Å². The molecule has 1 saturated heterocycles. The number of amides is 1. The standard InChI is InChI=1S/C18H22F2N4O/c1-3-24-17(9-12(2)22-24)18(25)23-8-4-5-14(11-23)21-13-6-7-15(19)16(20)10-13/h6-7,9-10,14,21H,3-5,8,11H2,1-2H3/t14-/m1/s1.